The molecule has 0 unspecified atom stereocenters. The van der Waals surface area contributed by atoms with E-state index in [1.165, 1.54) is 23.3 Å². The van der Waals surface area contributed by atoms with Gasteiger partial charge in [-0.15, -0.1) is 0 Å². The number of carbonyl (C=O) groups is 1. The van der Waals surface area contributed by atoms with Gasteiger partial charge in [0.25, 0.3) is 0 Å². The van der Waals surface area contributed by atoms with Crippen LogP contribution in [0.1, 0.15) is 17.5 Å². The lowest BCUT2D eigenvalue weighted by Gasteiger charge is -2.38. The number of halogens is 1. The first-order valence-electron chi connectivity index (χ1n) is 10.8. The number of likely N-dealkylation sites (N-methyl/N-ethyl adjacent to an activating group) is 1. The zero-order valence-corrected chi connectivity index (χ0v) is 18.0. The van der Waals surface area contributed by atoms with E-state index in [4.69, 9.17) is 4.74 Å². The van der Waals surface area contributed by atoms with Gasteiger partial charge in [0.1, 0.15) is 23.8 Å². The van der Waals surface area contributed by atoms with Crippen LogP contribution < -0.4 is 10.1 Å². The van der Waals surface area contributed by atoms with Crippen LogP contribution in [0, 0.1) is 5.82 Å². The molecule has 0 aromatic heterocycles. The summed E-state index contributed by atoms with van der Waals surface area (Å²) in [6.45, 7) is 1.79. The molecule has 4 rings (SSSR count). The Bertz CT molecular complexity index is 922. The Morgan fingerprint density at radius 3 is 2.74 bits per heavy atom. The Labute approximate surface area is 182 Å². The first-order chi connectivity index (χ1) is 14.9. The van der Waals surface area contributed by atoms with Gasteiger partial charge in [0.15, 0.2) is 0 Å². The molecule has 0 saturated heterocycles. The fourth-order valence-corrected chi connectivity index (χ4v) is 4.75. The van der Waals surface area contributed by atoms with Gasteiger partial charge < -0.3 is 20.1 Å². The minimum absolute atomic E-state index is 0.0870. The van der Waals surface area contributed by atoms with Gasteiger partial charge >= 0.3 is 0 Å². The molecule has 0 spiro atoms. The Balaban J connectivity index is 1.54. The van der Waals surface area contributed by atoms with Gasteiger partial charge in [-0.2, -0.15) is 0 Å². The molecular formula is C24H30FN3O3. The fraction of sp³-hybridized carbons (Fsp3) is 0.458. The number of rotatable bonds is 6. The lowest BCUT2D eigenvalue weighted by Crippen LogP contribution is -2.55. The number of nitrogens with zero attached hydrogens (tertiary/aromatic N) is 2. The molecule has 0 radical (unpaired) electrons. The largest absolute Gasteiger partial charge is 0.487 e. The van der Waals surface area contributed by atoms with E-state index in [0.29, 0.717) is 18.7 Å². The highest BCUT2D eigenvalue weighted by Gasteiger charge is 2.47. The van der Waals surface area contributed by atoms with E-state index >= 15 is 0 Å². The van der Waals surface area contributed by atoms with Crippen molar-refractivity contribution >= 4 is 5.91 Å². The first kappa shape index (κ1) is 21.7. The van der Waals surface area contributed by atoms with Crippen LogP contribution in [0.5, 0.6) is 5.75 Å². The van der Waals surface area contributed by atoms with Crippen LogP contribution in [-0.4, -0.2) is 72.3 Å². The molecule has 0 bridgehead atoms. The van der Waals surface area contributed by atoms with E-state index in [1.54, 1.807) is 12.1 Å². The van der Waals surface area contributed by atoms with Gasteiger partial charge in [-0.25, -0.2) is 4.39 Å². The van der Waals surface area contributed by atoms with Crippen molar-refractivity contribution in [3.8, 4) is 5.75 Å². The molecule has 7 heteroatoms. The van der Waals surface area contributed by atoms with E-state index in [1.807, 2.05) is 31.1 Å². The van der Waals surface area contributed by atoms with Gasteiger partial charge in [-0.3, -0.25) is 9.69 Å². The molecule has 2 aliphatic rings. The summed E-state index contributed by atoms with van der Waals surface area (Å²) in [6.07, 6.45) is 0.0131. The smallest absolute Gasteiger partial charge is 0.234 e. The molecule has 2 aromatic carbocycles. The summed E-state index contributed by atoms with van der Waals surface area (Å²) in [5.41, 5.74) is 2.57. The van der Waals surface area contributed by atoms with Crippen LogP contribution >= 0.6 is 0 Å². The predicted molar refractivity (Wildman–Crippen MR) is 116 cm³/mol. The van der Waals surface area contributed by atoms with Crippen LogP contribution in [-0.2, 0) is 17.8 Å². The molecule has 1 aliphatic carbocycles. The summed E-state index contributed by atoms with van der Waals surface area (Å²) < 4.78 is 19.6. The molecule has 31 heavy (non-hydrogen) atoms. The molecule has 6 nitrogen and oxygen atoms in total. The number of benzene rings is 2. The van der Waals surface area contributed by atoms with Crippen LogP contribution in [0.4, 0.5) is 4.39 Å². The number of hydrogen-bond donors (Lipinski definition) is 2. The van der Waals surface area contributed by atoms with Crippen LogP contribution in [0.3, 0.4) is 0 Å². The highest BCUT2D eigenvalue weighted by molar-refractivity contribution is 5.78. The van der Waals surface area contributed by atoms with Crippen molar-refractivity contribution in [3.63, 3.8) is 0 Å². The SMILES string of the molecule is CN(C)CC(=O)N[C@@H]1C[C@@H](Oc2cccc(F)c2)[C@H](O)[C@H]1N1CCc2ccccc2C1. The summed E-state index contributed by atoms with van der Waals surface area (Å²) in [5, 5.41) is 14.3. The second-order valence-electron chi connectivity index (χ2n) is 8.73. The zero-order chi connectivity index (χ0) is 22.0. The number of aliphatic hydroxyl groups is 1. The van der Waals surface area contributed by atoms with E-state index < -0.39 is 12.2 Å². The third-order valence-electron chi connectivity index (χ3n) is 6.10. The predicted octanol–water partition coefficient (Wildman–Crippen LogP) is 1.81. The minimum Gasteiger partial charge on any atom is -0.487 e. The van der Waals surface area contributed by atoms with Gasteiger partial charge in [-0.05, 0) is 43.8 Å². The second-order valence-corrected chi connectivity index (χ2v) is 8.73. The number of aliphatic hydroxyl groups excluding tert-OH is 1. The van der Waals surface area contributed by atoms with Crippen molar-refractivity contribution in [3.05, 3.63) is 65.5 Å². The number of carbonyl (C=O) groups excluding carboxylic acids is 1. The van der Waals surface area contributed by atoms with Crippen molar-refractivity contribution < 1.29 is 19.0 Å². The molecule has 1 amide bonds. The van der Waals surface area contributed by atoms with Crippen molar-refractivity contribution in [1.29, 1.82) is 0 Å². The molecule has 1 aliphatic heterocycles. The molecule has 2 N–H and O–H groups in total. The van der Waals surface area contributed by atoms with Crippen LogP contribution in [0.15, 0.2) is 48.5 Å². The standard InChI is InChI=1S/C24H30FN3O3/c1-27(2)15-22(29)26-20-13-21(31-19-9-5-8-18(25)12-19)24(30)23(20)28-11-10-16-6-3-4-7-17(16)14-28/h3-9,12,20-21,23-24,30H,10-11,13-15H2,1-2H3,(H,26,29)/t20-,21-,23+,24+/m1/s1. The van der Waals surface area contributed by atoms with Crippen LogP contribution in [0.25, 0.3) is 0 Å². The Kier molecular flexibility index (Phi) is 6.55. The van der Waals surface area contributed by atoms with Gasteiger partial charge in [0.05, 0.1) is 18.6 Å². The van der Waals surface area contributed by atoms with Gasteiger partial charge in [-0.1, -0.05) is 30.3 Å². The molecule has 1 saturated carbocycles. The van der Waals surface area contributed by atoms with Gasteiger partial charge in [0.2, 0.25) is 5.91 Å². The quantitative estimate of drug-likeness (QED) is 0.736. The Hall–Kier alpha value is -2.48. The monoisotopic (exact) mass is 427 g/mol. The molecule has 166 valence electrons. The van der Waals surface area contributed by atoms with Gasteiger partial charge in [0, 0.05) is 25.6 Å². The number of ether oxygens (including phenoxy) is 1. The highest BCUT2D eigenvalue weighted by atomic mass is 19.1. The normalized spacial score (nSPS) is 26.0. The molecule has 1 heterocycles. The Morgan fingerprint density at radius 2 is 2.00 bits per heavy atom. The molecule has 2 aromatic rings. The topological polar surface area (TPSA) is 65.0 Å². The zero-order valence-electron chi connectivity index (χ0n) is 18.0. The lowest BCUT2D eigenvalue weighted by molar-refractivity contribution is -0.122. The average Bonchev–Trinajstić information content (AvgIpc) is 3.01. The number of hydrogen-bond acceptors (Lipinski definition) is 5. The summed E-state index contributed by atoms with van der Waals surface area (Å²) in [7, 11) is 3.69. The minimum atomic E-state index is -0.807. The molecule has 4 atom stereocenters. The molecule has 1 fully saturated rings. The van der Waals surface area contributed by atoms with E-state index in [9.17, 15) is 14.3 Å². The highest BCUT2D eigenvalue weighted by Crippen LogP contribution is 2.32. The maximum Gasteiger partial charge on any atom is 0.234 e. The third-order valence-corrected chi connectivity index (χ3v) is 6.10. The van der Waals surface area contributed by atoms with Crippen molar-refractivity contribution in [2.24, 2.45) is 0 Å². The van der Waals surface area contributed by atoms with E-state index in [2.05, 4.69) is 22.3 Å². The van der Waals surface area contributed by atoms with Crippen molar-refractivity contribution in [1.82, 2.24) is 15.1 Å². The van der Waals surface area contributed by atoms with Crippen molar-refractivity contribution in [2.75, 3.05) is 27.2 Å². The first-order valence-corrected chi connectivity index (χ1v) is 10.8. The molecular weight excluding hydrogens is 397 g/mol. The van der Waals surface area contributed by atoms with Crippen LogP contribution in [0.2, 0.25) is 0 Å². The maximum absolute atomic E-state index is 13.6. The number of amides is 1. The summed E-state index contributed by atoms with van der Waals surface area (Å²) in [6, 6.07) is 13.7. The van der Waals surface area contributed by atoms with E-state index in [-0.39, 0.29) is 30.4 Å². The second kappa shape index (κ2) is 9.34. The summed E-state index contributed by atoms with van der Waals surface area (Å²) in [4.78, 5) is 16.6. The summed E-state index contributed by atoms with van der Waals surface area (Å²) in [5.74, 6) is -0.0897. The van der Waals surface area contributed by atoms with E-state index in [0.717, 1.165) is 13.0 Å². The average molecular weight is 428 g/mol. The van der Waals surface area contributed by atoms with Crippen molar-refractivity contribution in [2.45, 2.75) is 43.7 Å². The maximum atomic E-state index is 13.6. The third kappa shape index (κ3) is 5.06. The fourth-order valence-electron chi connectivity index (χ4n) is 4.75. The lowest BCUT2D eigenvalue weighted by atomic mass is 9.97. The summed E-state index contributed by atoms with van der Waals surface area (Å²) >= 11 is 0. The Morgan fingerprint density at radius 1 is 1.23 bits per heavy atom. The number of fused-ring (bicyclic) bond motifs is 1. The number of nitrogens with one attached hydrogen (secondary N) is 1.